The van der Waals surface area contributed by atoms with Gasteiger partial charge in [0.05, 0.1) is 57.5 Å². The number of hydrogen-bond acceptors (Lipinski definition) is 36. The largest absolute Gasteiger partial charge is 0.394 e. The number of nitrogens with one attached hydrogen (secondary N) is 1. The number of unbranched alkanes of at least 4 members (excludes halogenated alkanes) is 4. The van der Waals surface area contributed by atoms with Gasteiger partial charge in [-0.3, -0.25) is 28.9 Å². The van der Waals surface area contributed by atoms with E-state index in [9.17, 15) is 111 Å². The first-order valence-corrected chi connectivity index (χ1v) is 39.3. The summed E-state index contributed by atoms with van der Waals surface area (Å²) in [5.41, 5.74) is 2.03. The fraction of sp³-hybridized carbons (Fsp3) is 0.724. The molecule has 12 bridgehead atoms. The van der Waals surface area contributed by atoms with E-state index in [4.69, 9.17) is 56.8 Å². The Morgan fingerprint density at radius 3 is 1.29 bits per heavy atom. The normalized spacial score (nSPS) is 37.9. The monoisotopic (exact) mass is 1650 g/mol. The Bertz CT molecular complexity index is 3790. The minimum Gasteiger partial charge on any atom is -0.394 e. The van der Waals surface area contributed by atoms with Gasteiger partial charge in [-0.25, -0.2) is 4.68 Å². The maximum atomic E-state index is 14.8. The molecule has 40 heteroatoms. The molecule has 2 aromatic carbocycles. The third-order valence-corrected chi connectivity index (χ3v) is 23.0. The van der Waals surface area contributed by atoms with Crippen LogP contribution >= 0.6 is 0 Å². The molecule has 24 aliphatic rings. The van der Waals surface area contributed by atoms with Crippen molar-refractivity contribution in [2.24, 2.45) is 11.3 Å². The Balaban J connectivity index is 0.778. The van der Waals surface area contributed by atoms with Crippen LogP contribution in [-0.2, 0) is 93.9 Å². The van der Waals surface area contributed by atoms with Gasteiger partial charge in [0, 0.05) is 62.1 Å². The highest BCUT2D eigenvalue weighted by molar-refractivity contribution is 6.12. The SMILES string of the molecule is CC(C)(C)[C@@H](CCCCCNC(=O)CCC(=O)N1Cc2ccccc2-c2nnn(CC3OC4OC5C(CO)OC(OC6C(CO)OC(OC7C(CO)OC(OC8C(CO)OC(OC9C(CO)OC(OC3C(O)C4O)C(O)C9O)C(O)C8O)C(O)C7O)C(O)C6O)C(O)C5O)c2-c2ccccc21)CC(=O)CCCCCN1C(=O)C=CC1=O. The maximum Gasteiger partial charge on any atom is 0.253 e. The Morgan fingerprint density at radius 1 is 0.466 bits per heavy atom. The van der Waals surface area contributed by atoms with Gasteiger partial charge in [-0.1, -0.05) is 87.7 Å². The molecule has 22 saturated heterocycles. The molecule has 0 aliphatic carbocycles. The van der Waals surface area contributed by atoms with Crippen molar-refractivity contribution in [3.05, 3.63) is 66.2 Å². The number of para-hydroxylation sites is 1. The van der Waals surface area contributed by atoms with E-state index in [2.05, 4.69) is 36.4 Å². The second kappa shape index (κ2) is 39.2. The van der Waals surface area contributed by atoms with Crippen molar-refractivity contribution in [2.45, 2.75) is 289 Å². The minimum absolute atomic E-state index is 0.0195. The molecule has 18 N–H and O–H groups in total. The van der Waals surface area contributed by atoms with E-state index in [1.807, 2.05) is 0 Å². The maximum absolute atomic E-state index is 14.8. The van der Waals surface area contributed by atoms with Gasteiger partial charge in [-0.15, -0.1) is 5.10 Å². The summed E-state index contributed by atoms with van der Waals surface area (Å²) in [6, 6.07) is 13.7. The number of ketones is 1. The number of fused-ring (bicyclic) bond motifs is 5. The summed E-state index contributed by atoms with van der Waals surface area (Å²) in [6.07, 6.45) is -53.5. The second-order valence-electron chi connectivity index (χ2n) is 31.8. The number of carbonyl (C=O) groups excluding carboxylic acids is 5. The molecule has 0 radical (unpaired) electrons. The molecule has 24 aliphatic heterocycles. The van der Waals surface area contributed by atoms with Crippen molar-refractivity contribution in [3.8, 4) is 22.5 Å². The molecule has 646 valence electrons. The van der Waals surface area contributed by atoms with Gasteiger partial charge in [0.25, 0.3) is 11.8 Å². The summed E-state index contributed by atoms with van der Waals surface area (Å²) >= 11 is 0. The lowest BCUT2D eigenvalue weighted by molar-refractivity contribution is -0.403. The number of imide groups is 1. The topological polar surface area (TPSA) is 589 Å². The van der Waals surface area contributed by atoms with Crippen molar-refractivity contribution in [1.82, 2.24) is 25.2 Å². The zero-order valence-electron chi connectivity index (χ0n) is 64.1. The highest BCUT2D eigenvalue weighted by Crippen LogP contribution is 2.45. The minimum atomic E-state index is -2.29. The first-order chi connectivity index (χ1) is 55.5. The van der Waals surface area contributed by atoms with E-state index in [0.29, 0.717) is 74.0 Å². The summed E-state index contributed by atoms with van der Waals surface area (Å²) in [4.78, 5) is 68.0. The molecule has 3 aromatic rings. The molecule has 1 aromatic heterocycles. The Labute approximate surface area is 665 Å². The molecule has 25 heterocycles. The van der Waals surface area contributed by atoms with Gasteiger partial charge in [-0.05, 0) is 48.6 Å². The molecule has 0 saturated carbocycles. The standard InChI is InChI=1S/C76H108N6O34/c1-76(2,3)35(26-36(88)16-7-5-13-25-80-47(90)22-23-48(80)91)15-6-4-12-24-77-46(89)20-21-49(92)81-27-34-14-8-9-17-37(34)50-51(38-18-10-11-19-39(38)81)82(79-78-50)28-40-64-52(93)58(99)70(105-40)112-65-41(29-83)107-72(60(101)54(65)95)114-67-43(31-85)109-74(62(103)56(67)97)116-69-45(33-87)110-75(63(104)57(69)98)115-68-44(32-86)108-73(61(102)55(68)96)113-66-42(30-84)106-71(111-64)59(100)53(66)94/h8-11,14,17-19,22-23,35,40-45,52-75,83-87,93-104H,4-7,12-13,15-16,20-21,24-33H2,1-3H3,(H,77,89)/t35-,40?,41?,42?,43?,44?,45?,52?,53?,54?,55?,56?,57?,58?,59?,60?,61?,62?,63?,64?,65?,66?,67?,68?,69?,70?,71?,72?,73?,74?,75?/m0/s1. The number of aliphatic hydroxyl groups is 17. The predicted molar refractivity (Wildman–Crippen MR) is 388 cm³/mol. The van der Waals surface area contributed by atoms with Crippen LogP contribution in [0.5, 0.6) is 0 Å². The van der Waals surface area contributed by atoms with Crippen molar-refractivity contribution >= 4 is 35.1 Å². The van der Waals surface area contributed by atoms with E-state index in [-0.39, 0.29) is 65.6 Å². The number of rotatable bonds is 24. The number of nitrogens with zero attached hydrogens (tertiary/aromatic N) is 5. The molecule has 30 unspecified atom stereocenters. The molecule has 4 amide bonds. The van der Waals surface area contributed by atoms with Gasteiger partial charge in [-0.2, -0.15) is 0 Å². The third-order valence-electron chi connectivity index (χ3n) is 23.0. The summed E-state index contributed by atoms with van der Waals surface area (Å²) in [6.45, 7) is 1.05. The lowest BCUT2D eigenvalue weighted by atomic mass is 9.74. The van der Waals surface area contributed by atoms with Crippen LogP contribution in [0.4, 0.5) is 5.69 Å². The Kier molecular flexibility index (Phi) is 30.1. The lowest BCUT2D eigenvalue weighted by Crippen LogP contribution is -2.69. The van der Waals surface area contributed by atoms with E-state index in [0.717, 1.165) is 19.3 Å². The van der Waals surface area contributed by atoms with E-state index in [1.165, 1.54) is 26.6 Å². The van der Waals surface area contributed by atoms with Gasteiger partial charge >= 0.3 is 0 Å². The van der Waals surface area contributed by atoms with Gasteiger partial charge in [0.15, 0.2) is 37.7 Å². The van der Waals surface area contributed by atoms with Crippen LogP contribution in [0.15, 0.2) is 60.7 Å². The van der Waals surface area contributed by atoms with Crippen molar-refractivity contribution in [2.75, 3.05) is 51.0 Å². The number of Topliss-reactive ketones (excluding diaryl/α,β-unsaturated/α-hetero) is 1. The molecule has 0 spiro atoms. The molecule has 31 atom stereocenters. The van der Waals surface area contributed by atoms with Crippen LogP contribution in [0.1, 0.15) is 97.0 Å². The summed E-state index contributed by atoms with van der Waals surface area (Å²) < 4.78 is 73.1. The summed E-state index contributed by atoms with van der Waals surface area (Å²) in [5.74, 6) is -1.21. The number of aliphatic hydroxyl groups excluding tert-OH is 17. The number of carbonyl (C=O) groups is 5. The molecule has 40 nitrogen and oxygen atoms in total. The van der Waals surface area contributed by atoms with Gasteiger partial charge in [0.2, 0.25) is 11.8 Å². The highest BCUT2D eigenvalue weighted by Gasteiger charge is 2.59. The molecule has 22 fully saturated rings. The number of amides is 4. The van der Waals surface area contributed by atoms with Gasteiger partial charge in [0.1, 0.15) is 158 Å². The van der Waals surface area contributed by atoms with Crippen LogP contribution in [0.3, 0.4) is 0 Å². The predicted octanol–water partition coefficient (Wildman–Crippen LogP) is -6.01. The fourth-order valence-electron chi connectivity index (χ4n) is 16.3. The number of hydrogen-bond donors (Lipinski definition) is 18. The van der Waals surface area contributed by atoms with E-state index < -0.39 is 230 Å². The molecular formula is C76H108N6O34. The Morgan fingerprint density at radius 2 is 0.862 bits per heavy atom. The van der Waals surface area contributed by atoms with Crippen molar-refractivity contribution in [1.29, 1.82) is 0 Å². The van der Waals surface area contributed by atoms with Crippen LogP contribution in [0.2, 0.25) is 0 Å². The zero-order valence-corrected chi connectivity index (χ0v) is 64.1. The van der Waals surface area contributed by atoms with Crippen LogP contribution in [-0.4, -0.2) is 366 Å². The molecule has 116 heavy (non-hydrogen) atoms. The average Bonchev–Trinajstić information content (AvgIpc) is 0.863. The number of benzene rings is 2. The number of ether oxygens (including phenoxy) is 12. The molecular weight excluding hydrogens is 1540 g/mol. The lowest BCUT2D eigenvalue weighted by Gasteiger charge is -2.50. The van der Waals surface area contributed by atoms with E-state index >= 15 is 0 Å². The smallest absolute Gasteiger partial charge is 0.253 e. The Hall–Kier alpha value is -6.09. The first-order valence-electron chi connectivity index (χ1n) is 39.3. The second-order valence-corrected chi connectivity index (χ2v) is 31.8. The van der Waals surface area contributed by atoms with Crippen LogP contribution in [0.25, 0.3) is 22.5 Å². The number of aromatic nitrogens is 3. The first kappa shape index (κ1) is 89.2. The summed E-state index contributed by atoms with van der Waals surface area (Å²) in [5, 5.41) is 207. The van der Waals surface area contributed by atoms with E-state index in [1.54, 1.807) is 48.5 Å². The van der Waals surface area contributed by atoms with Crippen molar-refractivity contribution < 1.29 is 168 Å². The van der Waals surface area contributed by atoms with Crippen molar-refractivity contribution in [3.63, 3.8) is 0 Å². The third kappa shape index (κ3) is 19.4. The molecule has 27 rings (SSSR count). The fourth-order valence-corrected chi connectivity index (χ4v) is 16.3. The highest BCUT2D eigenvalue weighted by atomic mass is 16.8. The number of anilines is 1. The van der Waals surface area contributed by atoms with Gasteiger partial charge < -0.3 is 154 Å². The zero-order chi connectivity index (χ0) is 83.3. The quantitative estimate of drug-likeness (QED) is 0.0293. The summed E-state index contributed by atoms with van der Waals surface area (Å²) in [7, 11) is 0. The van der Waals surface area contributed by atoms with Crippen LogP contribution in [0, 0.1) is 11.3 Å². The van der Waals surface area contributed by atoms with Crippen LogP contribution < -0.4 is 10.2 Å². The average molecular weight is 1650 g/mol.